The Balaban J connectivity index is 2.31. The highest BCUT2D eigenvalue weighted by atomic mass is 32.2. The van der Waals surface area contributed by atoms with E-state index in [1.165, 1.54) is 23.1 Å². The lowest BCUT2D eigenvalue weighted by Gasteiger charge is -2.14. The molecule has 2 N–H and O–H groups in total. The maximum atomic E-state index is 11.7. The zero-order valence-electron chi connectivity index (χ0n) is 10.1. The number of nitrogens with zero attached hydrogens (tertiary/aromatic N) is 1. The molecular weight excluding hydrogens is 272 g/mol. The van der Waals surface area contributed by atoms with Crippen molar-refractivity contribution in [2.75, 3.05) is 22.4 Å². The van der Waals surface area contributed by atoms with Gasteiger partial charge in [0, 0.05) is 11.4 Å². The van der Waals surface area contributed by atoms with Crippen LogP contribution in [0.5, 0.6) is 0 Å². The summed E-state index contributed by atoms with van der Waals surface area (Å²) < 4.78 is 24.5. The molecular formula is C11H12N2O5S. The van der Waals surface area contributed by atoms with Crippen molar-refractivity contribution >= 4 is 33.3 Å². The normalized spacial score (nSPS) is 14.4. The number of hydrogen-bond donors (Lipinski definition) is 2. The summed E-state index contributed by atoms with van der Waals surface area (Å²) in [6, 6.07) is 4.57. The molecule has 1 aliphatic heterocycles. The lowest BCUT2D eigenvalue weighted by molar-refractivity contribution is -0.136. The van der Waals surface area contributed by atoms with Crippen LogP contribution in [-0.4, -0.2) is 38.2 Å². The van der Waals surface area contributed by atoms with Crippen LogP contribution in [0.3, 0.4) is 0 Å². The Kier molecular flexibility index (Phi) is 3.19. The quantitative estimate of drug-likeness (QED) is 0.812. The van der Waals surface area contributed by atoms with Crippen LogP contribution in [0.1, 0.15) is 5.56 Å². The third kappa shape index (κ3) is 3.02. The Morgan fingerprint density at radius 1 is 1.47 bits per heavy atom. The smallest absolute Gasteiger partial charge is 0.323 e. The largest absolute Gasteiger partial charge is 0.480 e. The summed E-state index contributed by atoms with van der Waals surface area (Å²) in [7, 11) is -3.38. The first-order valence-corrected chi connectivity index (χ1v) is 7.28. The van der Waals surface area contributed by atoms with Gasteiger partial charge in [0.1, 0.15) is 6.54 Å². The topological polar surface area (TPSA) is 104 Å². The molecule has 0 aromatic heterocycles. The third-order valence-electron chi connectivity index (χ3n) is 2.61. The number of sulfonamides is 1. The van der Waals surface area contributed by atoms with Gasteiger partial charge in [-0.25, -0.2) is 8.42 Å². The fraction of sp³-hybridized carbons (Fsp3) is 0.273. The number of fused-ring (bicyclic) bond motifs is 1. The molecule has 0 unspecified atom stereocenters. The second kappa shape index (κ2) is 4.54. The summed E-state index contributed by atoms with van der Waals surface area (Å²) in [5.41, 5.74) is 1.47. The van der Waals surface area contributed by atoms with E-state index in [0.717, 1.165) is 6.26 Å². The van der Waals surface area contributed by atoms with E-state index in [0.29, 0.717) is 16.9 Å². The van der Waals surface area contributed by atoms with E-state index >= 15 is 0 Å². The SMILES string of the molecule is CS(=O)(=O)Nc1ccc2c(c1)CC(=O)N2CC(=O)O. The molecule has 2 rings (SSSR count). The molecule has 1 amide bonds. The van der Waals surface area contributed by atoms with Crippen LogP contribution in [0.2, 0.25) is 0 Å². The number of carbonyl (C=O) groups excluding carboxylic acids is 1. The molecule has 1 aromatic carbocycles. The molecule has 0 spiro atoms. The fourth-order valence-electron chi connectivity index (χ4n) is 1.97. The lowest BCUT2D eigenvalue weighted by atomic mass is 10.1. The lowest BCUT2D eigenvalue weighted by Crippen LogP contribution is -2.32. The van der Waals surface area contributed by atoms with Crippen molar-refractivity contribution in [2.45, 2.75) is 6.42 Å². The van der Waals surface area contributed by atoms with Gasteiger partial charge in [0.05, 0.1) is 12.7 Å². The Hall–Kier alpha value is -2.09. The number of hydrogen-bond acceptors (Lipinski definition) is 4. The number of amides is 1. The zero-order chi connectivity index (χ0) is 14.2. The predicted molar refractivity (Wildman–Crippen MR) is 68.6 cm³/mol. The number of anilines is 2. The molecule has 0 saturated carbocycles. The first-order valence-electron chi connectivity index (χ1n) is 5.39. The highest BCUT2D eigenvalue weighted by Gasteiger charge is 2.28. The van der Waals surface area contributed by atoms with E-state index in [9.17, 15) is 18.0 Å². The molecule has 102 valence electrons. The number of nitrogens with one attached hydrogen (secondary N) is 1. The summed E-state index contributed by atoms with van der Waals surface area (Å²) in [5.74, 6) is -1.41. The summed E-state index contributed by atoms with van der Waals surface area (Å²) in [6.45, 7) is -0.398. The molecule has 0 aliphatic carbocycles. The summed E-state index contributed by atoms with van der Waals surface area (Å²) in [6.07, 6.45) is 1.10. The Bertz CT molecular complexity index is 653. The van der Waals surface area contributed by atoms with Crippen molar-refractivity contribution in [3.63, 3.8) is 0 Å². The predicted octanol–water partition coefficient (Wildman–Crippen LogP) is 0.0318. The first kappa shape index (κ1) is 13.3. The number of carboxylic acids is 1. The van der Waals surface area contributed by atoms with Crippen LogP contribution in [0, 0.1) is 0 Å². The minimum Gasteiger partial charge on any atom is -0.480 e. The van der Waals surface area contributed by atoms with Gasteiger partial charge in [-0.2, -0.15) is 0 Å². The van der Waals surface area contributed by atoms with Gasteiger partial charge in [-0.1, -0.05) is 0 Å². The molecule has 0 bridgehead atoms. The standard InChI is InChI=1S/C11H12N2O5S/c1-19(17,18)12-8-2-3-9-7(4-8)5-10(14)13(9)6-11(15)16/h2-4,12H,5-6H2,1H3,(H,15,16). The van der Waals surface area contributed by atoms with E-state index in [-0.39, 0.29) is 12.3 Å². The molecule has 0 atom stereocenters. The van der Waals surface area contributed by atoms with Gasteiger partial charge in [-0.05, 0) is 23.8 Å². The zero-order valence-corrected chi connectivity index (χ0v) is 10.9. The molecule has 1 heterocycles. The minimum atomic E-state index is -3.38. The maximum absolute atomic E-state index is 11.7. The molecule has 8 heteroatoms. The highest BCUT2D eigenvalue weighted by molar-refractivity contribution is 7.92. The van der Waals surface area contributed by atoms with E-state index in [2.05, 4.69) is 4.72 Å². The van der Waals surface area contributed by atoms with Crippen LogP contribution in [-0.2, 0) is 26.0 Å². The van der Waals surface area contributed by atoms with Crippen LogP contribution >= 0.6 is 0 Å². The van der Waals surface area contributed by atoms with Crippen molar-refractivity contribution < 1.29 is 23.1 Å². The average molecular weight is 284 g/mol. The molecule has 1 aliphatic rings. The Morgan fingerprint density at radius 2 is 2.16 bits per heavy atom. The van der Waals surface area contributed by atoms with Crippen molar-refractivity contribution in [3.05, 3.63) is 23.8 Å². The van der Waals surface area contributed by atoms with Gasteiger partial charge in [-0.15, -0.1) is 0 Å². The molecule has 0 fully saturated rings. The van der Waals surface area contributed by atoms with Crippen molar-refractivity contribution in [2.24, 2.45) is 0 Å². The van der Waals surface area contributed by atoms with Gasteiger partial charge >= 0.3 is 5.97 Å². The van der Waals surface area contributed by atoms with Gasteiger partial charge < -0.3 is 10.0 Å². The Morgan fingerprint density at radius 3 is 2.74 bits per heavy atom. The summed E-state index contributed by atoms with van der Waals surface area (Å²) in [4.78, 5) is 23.5. The van der Waals surface area contributed by atoms with Crippen molar-refractivity contribution in [3.8, 4) is 0 Å². The van der Waals surface area contributed by atoms with Crippen LogP contribution in [0.15, 0.2) is 18.2 Å². The number of aliphatic carboxylic acids is 1. The van der Waals surface area contributed by atoms with E-state index in [1.54, 1.807) is 0 Å². The number of rotatable bonds is 4. The average Bonchev–Trinajstić information content (AvgIpc) is 2.51. The van der Waals surface area contributed by atoms with E-state index < -0.39 is 22.5 Å². The van der Waals surface area contributed by atoms with Gasteiger partial charge in [0.15, 0.2) is 0 Å². The monoisotopic (exact) mass is 284 g/mol. The Labute approximate surface area is 109 Å². The molecule has 19 heavy (non-hydrogen) atoms. The second-order valence-corrected chi connectivity index (χ2v) is 6.02. The van der Waals surface area contributed by atoms with Crippen LogP contribution < -0.4 is 9.62 Å². The third-order valence-corrected chi connectivity index (χ3v) is 3.22. The van der Waals surface area contributed by atoms with E-state index in [1.807, 2.05) is 0 Å². The van der Waals surface area contributed by atoms with Gasteiger partial charge in [0.25, 0.3) is 0 Å². The number of carboxylic acid groups (broad SMARTS) is 1. The first-order chi connectivity index (χ1) is 8.76. The van der Waals surface area contributed by atoms with Crippen molar-refractivity contribution in [1.29, 1.82) is 0 Å². The van der Waals surface area contributed by atoms with E-state index in [4.69, 9.17) is 5.11 Å². The summed E-state index contributed by atoms with van der Waals surface area (Å²) in [5, 5.41) is 8.74. The van der Waals surface area contributed by atoms with Gasteiger partial charge in [-0.3, -0.25) is 14.3 Å². The summed E-state index contributed by atoms with van der Waals surface area (Å²) >= 11 is 0. The van der Waals surface area contributed by atoms with Crippen LogP contribution in [0.4, 0.5) is 11.4 Å². The molecule has 1 aromatic rings. The van der Waals surface area contributed by atoms with Gasteiger partial charge in [0.2, 0.25) is 15.9 Å². The highest BCUT2D eigenvalue weighted by Crippen LogP contribution is 2.31. The maximum Gasteiger partial charge on any atom is 0.323 e. The molecule has 0 radical (unpaired) electrons. The number of carbonyl (C=O) groups is 2. The minimum absolute atomic E-state index is 0.0713. The number of benzene rings is 1. The second-order valence-electron chi connectivity index (χ2n) is 4.27. The molecule has 7 nitrogen and oxygen atoms in total. The van der Waals surface area contributed by atoms with Crippen molar-refractivity contribution in [1.82, 2.24) is 0 Å². The molecule has 0 saturated heterocycles. The van der Waals surface area contributed by atoms with Crippen LogP contribution in [0.25, 0.3) is 0 Å². The fourth-order valence-corrected chi connectivity index (χ4v) is 2.52.